The summed E-state index contributed by atoms with van der Waals surface area (Å²) in [6, 6.07) is 10.7. The van der Waals surface area contributed by atoms with Gasteiger partial charge in [-0.05, 0) is 45.1 Å². The molecule has 0 unspecified atom stereocenters. The first-order valence-corrected chi connectivity index (χ1v) is 7.06. The van der Waals surface area contributed by atoms with Crippen LogP contribution in [-0.2, 0) is 19.6 Å². The van der Waals surface area contributed by atoms with Crippen molar-refractivity contribution in [2.24, 2.45) is 0 Å². The topological polar surface area (TPSA) is 28.4 Å². The summed E-state index contributed by atoms with van der Waals surface area (Å²) in [6.45, 7) is 6.85. The summed E-state index contributed by atoms with van der Waals surface area (Å²) in [6.07, 6.45) is 0. The van der Waals surface area contributed by atoms with Gasteiger partial charge in [0.1, 0.15) is 11.5 Å². The van der Waals surface area contributed by atoms with E-state index in [1.807, 2.05) is 14.0 Å². The Morgan fingerprint density at radius 2 is 1.80 bits per heavy atom. The highest BCUT2D eigenvalue weighted by atomic mass is 16.3. The van der Waals surface area contributed by atoms with Gasteiger partial charge in [0.15, 0.2) is 0 Å². The first-order chi connectivity index (χ1) is 9.60. The molecule has 0 amide bonds. The lowest BCUT2D eigenvalue weighted by Gasteiger charge is -2.17. The van der Waals surface area contributed by atoms with Crippen LogP contribution in [0.3, 0.4) is 0 Å². The van der Waals surface area contributed by atoms with Crippen LogP contribution in [0, 0.1) is 13.8 Å². The lowest BCUT2D eigenvalue weighted by molar-refractivity contribution is 0.315. The number of hydrogen-bond donors (Lipinski definition) is 1. The second kappa shape index (κ2) is 6.73. The number of rotatable bonds is 6. The zero-order valence-corrected chi connectivity index (χ0v) is 12.9. The fourth-order valence-electron chi connectivity index (χ4n) is 2.43. The minimum Gasteiger partial charge on any atom is -0.465 e. The number of furan rings is 1. The second-order valence-electron chi connectivity index (χ2n) is 5.42. The van der Waals surface area contributed by atoms with Gasteiger partial charge in [0.25, 0.3) is 0 Å². The van der Waals surface area contributed by atoms with E-state index in [-0.39, 0.29) is 0 Å². The third kappa shape index (κ3) is 3.71. The largest absolute Gasteiger partial charge is 0.465 e. The number of aryl methyl sites for hydroxylation is 2. The van der Waals surface area contributed by atoms with Crippen LogP contribution in [-0.4, -0.2) is 19.0 Å². The van der Waals surface area contributed by atoms with E-state index in [9.17, 15) is 0 Å². The maximum Gasteiger partial charge on any atom is 0.118 e. The smallest absolute Gasteiger partial charge is 0.118 e. The van der Waals surface area contributed by atoms with Gasteiger partial charge >= 0.3 is 0 Å². The Hall–Kier alpha value is -1.58. The van der Waals surface area contributed by atoms with Crippen LogP contribution in [0.4, 0.5) is 0 Å². The van der Waals surface area contributed by atoms with Gasteiger partial charge in [0.2, 0.25) is 0 Å². The van der Waals surface area contributed by atoms with E-state index in [0.717, 1.165) is 31.2 Å². The van der Waals surface area contributed by atoms with E-state index in [1.54, 1.807) is 0 Å². The van der Waals surface area contributed by atoms with Gasteiger partial charge in [-0.15, -0.1) is 0 Å². The lowest BCUT2D eigenvalue weighted by atomic mass is 10.1. The molecule has 2 rings (SSSR count). The first kappa shape index (κ1) is 14.8. The zero-order valence-electron chi connectivity index (χ0n) is 12.9. The predicted octanol–water partition coefficient (Wildman–Crippen LogP) is 3.25. The second-order valence-corrected chi connectivity index (χ2v) is 5.42. The molecule has 0 saturated carbocycles. The molecule has 1 heterocycles. The molecule has 0 fully saturated rings. The molecule has 3 heteroatoms. The number of nitrogens with zero attached hydrogens (tertiary/aromatic N) is 1. The molecule has 20 heavy (non-hydrogen) atoms. The molecule has 0 aliphatic rings. The van der Waals surface area contributed by atoms with Gasteiger partial charge < -0.3 is 9.73 Å². The maximum absolute atomic E-state index is 5.74. The van der Waals surface area contributed by atoms with Crippen molar-refractivity contribution in [3.63, 3.8) is 0 Å². The Bertz CT molecular complexity index is 560. The molecule has 0 radical (unpaired) electrons. The molecular formula is C17H24N2O. The summed E-state index contributed by atoms with van der Waals surface area (Å²) in [5.41, 5.74) is 4.00. The van der Waals surface area contributed by atoms with Crippen LogP contribution in [0.1, 0.15) is 28.2 Å². The van der Waals surface area contributed by atoms with Crippen molar-refractivity contribution in [3.8, 4) is 0 Å². The molecular weight excluding hydrogens is 248 g/mol. The molecule has 3 nitrogen and oxygen atoms in total. The van der Waals surface area contributed by atoms with Gasteiger partial charge in [0, 0.05) is 18.7 Å². The minimum absolute atomic E-state index is 0.780. The third-order valence-electron chi connectivity index (χ3n) is 3.56. The highest BCUT2D eigenvalue weighted by molar-refractivity contribution is 5.26. The van der Waals surface area contributed by atoms with Crippen molar-refractivity contribution in [1.29, 1.82) is 0 Å². The normalized spacial score (nSPS) is 11.2. The average molecular weight is 272 g/mol. The summed E-state index contributed by atoms with van der Waals surface area (Å²) in [7, 11) is 4.08. The highest BCUT2D eigenvalue weighted by Gasteiger charge is 2.10. The van der Waals surface area contributed by atoms with Crippen LogP contribution in [0.15, 0.2) is 34.7 Å². The third-order valence-corrected chi connectivity index (χ3v) is 3.56. The Balaban J connectivity index is 2.01. The fraction of sp³-hybridized carbons (Fsp3) is 0.412. The molecule has 0 aliphatic carbocycles. The summed E-state index contributed by atoms with van der Waals surface area (Å²) in [5.74, 6) is 2.02. The van der Waals surface area contributed by atoms with E-state index in [1.165, 1.54) is 16.7 Å². The van der Waals surface area contributed by atoms with E-state index in [2.05, 4.69) is 54.5 Å². The first-order valence-electron chi connectivity index (χ1n) is 7.06. The molecule has 0 saturated heterocycles. The van der Waals surface area contributed by atoms with Crippen molar-refractivity contribution in [2.45, 2.75) is 33.5 Å². The van der Waals surface area contributed by atoms with E-state index < -0.39 is 0 Å². The SMILES string of the molecule is CNCc1cc(CN(C)Cc2ccccc2C)c(C)o1. The number of benzene rings is 1. The van der Waals surface area contributed by atoms with Crippen molar-refractivity contribution >= 4 is 0 Å². The molecule has 0 bridgehead atoms. The van der Waals surface area contributed by atoms with E-state index in [0.29, 0.717) is 0 Å². The molecule has 1 N–H and O–H groups in total. The highest BCUT2D eigenvalue weighted by Crippen LogP contribution is 2.18. The van der Waals surface area contributed by atoms with Gasteiger partial charge in [-0.3, -0.25) is 4.90 Å². The average Bonchev–Trinajstić information content (AvgIpc) is 2.73. The van der Waals surface area contributed by atoms with Crippen LogP contribution >= 0.6 is 0 Å². The van der Waals surface area contributed by atoms with Gasteiger partial charge in [-0.25, -0.2) is 0 Å². The van der Waals surface area contributed by atoms with Gasteiger partial charge in [-0.2, -0.15) is 0 Å². The molecule has 2 aromatic rings. The summed E-state index contributed by atoms with van der Waals surface area (Å²) in [5, 5.41) is 3.12. The predicted molar refractivity (Wildman–Crippen MR) is 82.6 cm³/mol. The van der Waals surface area contributed by atoms with Gasteiger partial charge in [-0.1, -0.05) is 24.3 Å². The maximum atomic E-state index is 5.74. The Kier molecular flexibility index (Phi) is 4.99. The fourth-order valence-corrected chi connectivity index (χ4v) is 2.43. The molecule has 0 aliphatic heterocycles. The molecule has 1 aromatic carbocycles. The standard InChI is InChI=1S/C17H24N2O/c1-13-7-5-6-8-15(13)11-19(4)12-16-9-17(10-18-3)20-14(16)2/h5-9,18H,10-12H2,1-4H3. The molecule has 108 valence electrons. The minimum atomic E-state index is 0.780. The monoisotopic (exact) mass is 272 g/mol. The Morgan fingerprint density at radius 3 is 2.50 bits per heavy atom. The Labute approximate surface area is 121 Å². The van der Waals surface area contributed by atoms with Crippen molar-refractivity contribution in [1.82, 2.24) is 10.2 Å². The van der Waals surface area contributed by atoms with Crippen molar-refractivity contribution in [2.75, 3.05) is 14.1 Å². The number of nitrogens with one attached hydrogen (secondary N) is 1. The van der Waals surface area contributed by atoms with Crippen LogP contribution < -0.4 is 5.32 Å². The lowest BCUT2D eigenvalue weighted by Crippen LogP contribution is -2.18. The molecule has 0 spiro atoms. The van der Waals surface area contributed by atoms with Crippen molar-refractivity contribution < 1.29 is 4.42 Å². The summed E-state index contributed by atoms with van der Waals surface area (Å²) >= 11 is 0. The Morgan fingerprint density at radius 1 is 1.10 bits per heavy atom. The van der Waals surface area contributed by atoms with Crippen molar-refractivity contribution in [3.05, 3.63) is 58.5 Å². The van der Waals surface area contributed by atoms with Gasteiger partial charge in [0.05, 0.1) is 6.54 Å². The zero-order chi connectivity index (χ0) is 14.5. The summed E-state index contributed by atoms with van der Waals surface area (Å²) in [4.78, 5) is 2.32. The van der Waals surface area contributed by atoms with Crippen LogP contribution in [0.25, 0.3) is 0 Å². The molecule has 0 atom stereocenters. The number of hydrogen-bond acceptors (Lipinski definition) is 3. The van der Waals surface area contributed by atoms with Crippen LogP contribution in [0.5, 0.6) is 0 Å². The van der Waals surface area contributed by atoms with E-state index >= 15 is 0 Å². The summed E-state index contributed by atoms with van der Waals surface area (Å²) < 4.78 is 5.74. The molecule has 1 aromatic heterocycles. The van der Waals surface area contributed by atoms with E-state index in [4.69, 9.17) is 4.42 Å². The quantitative estimate of drug-likeness (QED) is 0.875. The van der Waals surface area contributed by atoms with Crippen LogP contribution in [0.2, 0.25) is 0 Å².